The van der Waals surface area contributed by atoms with E-state index in [9.17, 15) is 13.2 Å². The maximum absolute atomic E-state index is 12.9. The molecule has 0 aliphatic rings. The Hall–Kier alpha value is -1.03. The minimum atomic E-state index is -2.96. The molecular weight excluding hydrogens is 191 g/mol. The Morgan fingerprint density at radius 2 is 2.00 bits per heavy atom. The van der Waals surface area contributed by atoms with Crippen molar-refractivity contribution in [3.8, 4) is 0 Å². The van der Waals surface area contributed by atoms with E-state index in [2.05, 4.69) is 5.32 Å². The quantitative estimate of drug-likeness (QED) is 0.793. The standard InChI is InChI=1S/C10H12F3N/c1-14-6-7-3-2-4-8(5-7)9(11)10(12)13/h2-5,9-10,14H,6H2,1H3. The minimum absolute atomic E-state index is 0.0350. The zero-order valence-electron chi connectivity index (χ0n) is 7.81. The van der Waals surface area contributed by atoms with Gasteiger partial charge < -0.3 is 5.32 Å². The normalized spacial score (nSPS) is 13.2. The van der Waals surface area contributed by atoms with Crippen LogP contribution in [-0.2, 0) is 6.54 Å². The third kappa shape index (κ3) is 2.73. The summed E-state index contributed by atoms with van der Waals surface area (Å²) in [4.78, 5) is 0. The Kier molecular flexibility index (Phi) is 3.95. The number of halogens is 3. The highest BCUT2D eigenvalue weighted by Crippen LogP contribution is 2.25. The molecule has 1 rings (SSSR count). The van der Waals surface area contributed by atoms with Crippen LogP contribution in [0.1, 0.15) is 17.3 Å². The SMILES string of the molecule is CNCc1cccc(C(F)C(F)F)c1. The molecular formula is C10H12F3N. The van der Waals surface area contributed by atoms with E-state index >= 15 is 0 Å². The Morgan fingerprint density at radius 3 is 2.57 bits per heavy atom. The summed E-state index contributed by atoms with van der Waals surface area (Å²) in [6.45, 7) is 0.545. The average molecular weight is 203 g/mol. The molecule has 0 fully saturated rings. The monoisotopic (exact) mass is 203 g/mol. The van der Waals surface area contributed by atoms with Crippen LogP contribution < -0.4 is 5.32 Å². The third-order valence-corrected chi connectivity index (χ3v) is 1.87. The van der Waals surface area contributed by atoms with Gasteiger partial charge in [-0.1, -0.05) is 24.3 Å². The molecule has 78 valence electrons. The lowest BCUT2D eigenvalue weighted by Crippen LogP contribution is -2.07. The van der Waals surface area contributed by atoms with Gasteiger partial charge in [-0.05, 0) is 18.2 Å². The Bertz CT molecular complexity index is 288. The number of benzene rings is 1. The molecule has 1 atom stereocenters. The fourth-order valence-electron chi connectivity index (χ4n) is 1.22. The van der Waals surface area contributed by atoms with Crippen molar-refractivity contribution < 1.29 is 13.2 Å². The van der Waals surface area contributed by atoms with Gasteiger partial charge in [-0.25, -0.2) is 13.2 Å². The van der Waals surface area contributed by atoms with E-state index in [1.54, 1.807) is 19.2 Å². The second kappa shape index (κ2) is 5.00. The number of nitrogens with one attached hydrogen (secondary N) is 1. The van der Waals surface area contributed by atoms with Gasteiger partial charge >= 0.3 is 0 Å². The fourth-order valence-corrected chi connectivity index (χ4v) is 1.22. The first-order chi connectivity index (χ1) is 6.65. The van der Waals surface area contributed by atoms with Crippen molar-refractivity contribution in [3.05, 3.63) is 35.4 Å². The summed E-state index contributed by atoms with van der Waals surface area (Å²) in [7, 11) is 1.74. The molecule has 14 heavy (non-hydrogen) atoms. The number of hydrogen-bond donors (Lipinski definition) is 1. The van der Waals surface area contributed by atoms with Crippen molar-refractivity contribution in [2.24, 2.45) is 0 Å². The highest BCUT2D eigenvalue weighted by molar-refractivity contribution is 5.25. The molecule has 0 saturated carbocycles. The zero-order valence-corrected chi connectivity index (χ0v) is 7.81. The fraction of sp³-hybridized carbons (Fsp3) is 0.400. The van der Waals surface area contributed by atoms with Crippen LogP contribution in [0.25, 0.3) is 0 Å². The van der Waals surface area contributed by atoms with E-state index in [4.69, 9.17) is 0 Å². The summed E-state index contributed by atoms with van der Waals surface area (Å²) in [5, 5.41) is 2.87. The zero-order chi connectivity index (χ0) is 10.6. The largest absolute Gasteiger partial charge is 0.316 e. The van der Waals surface area contributed by atoms with Crippen LogP contribution in [-0.4, -0.2) is 13.5 Å². The molecule has 0 aliphatic heterocycles. The summed E-state index contributed by atoms with van der Waals surface area (Å²) in [6, 6.07) is 6.17. The van der Waals surface area contributed by atoms with Crippen LogP contribution in [0.4, 0.5) is 13.2 Å². The maximum atomic E-state index is 12.9. The van der Waals surface area contributed by atoms with Crippen molar-refractivity contribution in [2.75, 3.05) is 7.05 Å². The molecule has 1 unspecified atom stereocenters. The van der Waals surface area contributed by atoms with E-state index in [1.165, 1.54) is 12.1 Å². The van der Waals surface area contributed by atoms with Crippen LogP contribution in [0.5, 0.6) is 0 Å². The van der Waals surface area contributed by atoms with Gasteiger partial charge in [0.15, 0.2) is 6.17 Å². The van der Waals surface area contributed by atoms with E-state index in [1.807, 2.05) is 0 Å². The Balaban J connectivity index is 2.82. The van der Waals surface area contributed by atoms with Crippen molar-refractivity contribution in [1.29, 1.82) is 0 Å². The molecule has 0 saturated heterocycles. The molecule has 0 aromatic heterocycles. The van der Waals surface area contributed by atoms with Crippen LogP contribution in [0.2, 0.25) is 0 Å². The van der Waals surface area contributed by atoms with Gasteiger partial charge in [-0.2, -0.15) is 0 Å². The molecule has 1 N–H and O–H groups in total. The van der Waals surface area contributed by atoms with Gasteiger partial charge in [-0.3, -0.25) is 0 Å². The number of alkyl halides is 3. The van der Waals surface area contributed by atoms with Crippen LogP contribution in [0, 0.1) is 0 Å². The molecule has 0 spiro atoms. The smallest absolute Gasteiger partial charge is 0.273 e. The van der Waals surface area contributed by atoms with E-state index < -0.39 is 12.6 Å². The Morgan fingerprint density at radius 1 is 1.29 bits per heavy atom. The predicted octanol–water partition coefficient (Wildman–Crippen LogP) is 2.68. The molecule has 1 aromatic carbocycles. The highest BCUT2D eigenvalue weighted by Gasteiger charge is 2.21. The number of rotatable bonds is 4. The van der Waals surface area contributed by atoms with Gasteiger partial charge in [0, 0.05) is 6.54 Å². The lowest BCUT2D eigenvalue weighted by Gasteiger charge is -2.08. The molecule has 4 heteroatoms. The topological polar surface area (TPSA) is 12.0 Å². The average Bonchev–Trinajstić information content (AvgIpc) is 2.17. The maximum Gasteiger partial charge on any atom is 0.273 e. The van der Waals surface area contributed by atoms with Gasteiger partial charge in [0.05, 0.1) is 0 Å². The van der Waals surface area contributed by atoms with Crippen LogP contribution in [0.15, 0.2) is 24.3 Å². The summed E-state index contributed by atoms with van der Waals surface area (Å²) in [5.41, 5.74) is 0.834. The summed E-state index contributed by atoms with van der Waals surface area (Å²) in [6.07, 6.45) is -5.15. The first kappa shape index (κ1) is 11.0. The molecule has 1 nitrogen and oxygen atoms in total. The van der Waals surface area contributed by atoms with Crippen molar-refractivity contribution in [1.82, 2.24) is 5.32 Å². The van der Waals surface area contributed by atoms with Gasteiger partial charge in [-0.15, -0.1) is 0 Å². The lowest BCUT2D eigenvalue weighted by molar-refractivity contribution is 0.0495. The summed E-state index contributed by atoms with van der Waals surface area (Å²) in [5.74, 6) is 0. The molecule has 0 radical (unpaired) electrons. The second-order valence-corrected chi connectivity index (χ2v) is 3.01. The van der Waals surface area contributed by atoms with Gasteiger partial charge in [0.25, 0.3) is 6.43 Å². The van der Waals surface area contributed by atoms with Crippen LogP contribution >= 0.6 is 0 Å². The van der Waals surface area contributed by atoms with E-state index in [0.717, 1.165) is 5.56 Å². The lowest BCUT2D eigenvalue weighted by atomic mass is 10.1. The first-order valence-corrected chi connectivity index (χ1v) is 4.31. The van der Waals surface area contributed by atoms with E-state index in [-0.39, 0.29) is 5.56 Å². The van der Waals surface area contributed by atoms with Crippen molar-refractivity contribution >= 4 is 0 Å². The van der Waals surface area contributed by atoms with Crippen LogP contribution in [0.3, 0.4) is 0 Å². The Labute approximate surface area is 80.9 Å². The molecule has 0 heterocycles. The minimum Gasteiger partial charge on any atom is -0.316 e. The van der Waals surface area contributed by atoms with Gasteiger partial charge in [0.2, 0.25) is 0 Å². The highest BCUT2D eigenvalue weighted by atomic mass is 19.3. The van der Waals surface area contributed by atoms with Crippen molar-refractivity contribution in [3.63, 3.8) is 0 Å². The van der Waals surface area contributed by atoms with E-state index in [0.29, 0.717) is 6.54 Å². The second-order valence-electron chi connectivity index (χ2n) is 3.01. The van der Waals surface area contributed by atoms with Gasteiger partial charge in [0.1, 0.15) is 0 Å². The third-order valence-electron chi connectivity index (χ3n) is 1.87. The molecule has 0 amide bonds. The predicted molar refractivity (Wildman–Crippen MR) is 49.1 cm³/mol. The summed E-state index contributed by atoms with van der Waals surface area (Å²) < 4.78 is 37.0. The van der Waals surface area contributed by atoms with Crippen molar-refractivity contribution in [2.45, 2.75) is 19.1 Å². The molecule has 0 bridgehead atoms. The first-order valence-electron chi connectivity index (χ1n) is 4.31. The number of hydrogen-bond acceptors (Lipinski definition) is 1. The molecule has 0 aliphatic carbocycles. The summed E-state index contributed by atoms with van der Waals surface area (Å²) >= 11 is 0. The molecule has 1 aromatic rings.